The molecule has 20 heavy (non-hydrogen) atoms. The molecule has 0 saturated carbocycles. The van der Waals surface area contributed by atoms with E-state index in [9.17, 15) is 0 Å². The van der Waals surface area contributed by atoms with Crippen molar-refractivity contribution in [2.75, 3.05) is 13.2 Å². The molecule has 2 nitrogen and oxygen atoms in total. The van der Waals surface area contributed by atoms with E-state index in [1.54, 1.807) is 0 Å². The van der Waals surface area contributed by atoms with Crippen molar-refractivity contribution in [1.29, 1.82) is 0 Å². The Hall–Kier alpha value is -1.06. The average Bonchev–Trinajstić information content (AvgIpc) is 2.48. The van der Waals surface area contributed by atoms with Gasteiger partial charge in [-0.3, -0.25) is 0 Å². The first kappa shape index (κ1) is 13.9. The predicted octanol–water partition coefficient (Wildman–Crippen LogP) is 4.51. The second-order valence-electron chi connectivity index (χ2n) is 5.44. The Bertz CT molecular complexity index is 578. The maximum atomic E-state index is 5.90. The van der Waals surface area contributed by atoms with Crippen LogP contribution in [0.3, 0.4) is 0 Å². The van der Waals surface area contributed by atoms with Crippen molar-refractivity contribution in [3.05, 3.63) is 40.9 Å². The second kappa shape index (κ2) is 6.59. The summed E-state index contributed by atoms with van der Waals surface area (Å²) < 4.78 is 7.01. The molecule has 106 valence electrons. The minimum atomic E-state index is 0.639. The van der Waals surface area contributed by atoms with E-state index >= 15 is 0 Å². The smallest absolute Gasteiger partial charge is 0.119 e. The van der Waals surface area contributed by atoms with Crippen LogP contribution in [0.2, 0.25) is 0 Å². The van der Waals surface area contributed by atoms with E-state index < -0.39 is 0 Å². The van der Waals surface area contributed by atoms with Crippen LogP contribution in [0.25, 0.3) is 10.8 Å². The van der Waals surface area contributed by atoms with Crippen molar-refractivity contribution in [3.63, 3.8) is 0 Å². The Labute approximate surface area is 128 Å². The summed E-state index contributed by atoms with van der Waals surface area (Å²) in [7, 11) is 0. The number of hydrogen-bond acceptors (Lipinski definition) is 2. The van der Waals surface area contributed by atoms with Crippen molar-refractivity contribution in [1.82, 2.24) is 5.32 Å². The molecule has 0 spiro atoms. The minimum Gasteiger partial charge on any atom is -0.494 e. The number of benzene rings is 2. The molecule has 0 aromatic heterocycles. The normalized spacial score (nSPS) is 19.1. The van der Waals surface area contributed by atoms with Crippen molar-refractivity contribution >= 4 is 26.7 Å². The Morgan fingerprint density at radius 2 is 1.95 bits per heavy atom. The number of nitrogens with one attached hydrogen (secondary N) is 1. The van der Waals surface area contributed by atoms with Crippen LogP contribution < -0.4 is 10.1 Å². The number of hydrogen-bond donors (Lipinski definition) is 1. The minimum absolute atomic E-state index is 0.639. The fraction of sp³-hybridized carbons (Fsp3) is 0.412. The molecule has 1 unspecified atom stereocenters. The summed E-state index contributed by atoms with van der Waals surface area (Å²) in [6, 6.07) is 13.3. The van der Waals surface area contributed by atoms with E-state index in [2.05, 4.69) is 57.6 Å². The number of piperidine rings is 1. The van der Waals surface area contributed by atoms with Crippen LogP contribution in [0.5, 0.6) is 5.75 Å². The molecular formula is C17H20BrNO. The van der Waals surface area contributed by atoms with E-state index in [-0.39, 0.29) is 0 Å². The van der Waals surface area contributed by atoms with Gasteiger partial charge in [-0.1, -0.05) is 34.5 Å². The van der Waals surface area contributed by atoms with Gasteiger partial charge in [0.2, 0.25) is 0 Å². The Morgan fingerprint density at radius 1 is 1.10 bits per heavy atom. The number of halogens is 1. The molecule has 2 aromatic carbocycles. The van der Waals surface area contributed by atoms with Gasteiger partial charge >= 0.3 is 0 Å². The quantitative estimate of drug-likeness (QED) is 0.888. The van der Waals surface area contributed by atoms with Gasteiger partial charge in [0.25, 0.3) is 0 Å². The highest BCUT2D eigenvalue weighted by molar-refractivity contribution is 9.10. The molecule has 0 bridgehead atoms. The van der Waals surface area contributed by atoms with Crippen molar-refractivity contribution in [2.24, 2.45) is 0 Å². The van der Waals surface area contributed by atoms with Gasteiger partial charge in [0.05, 0.1) is 6.61 Å². The first-order chi connectivity index (χ1) is 9.81. The molecular weight excluding hydrogens is 314 g/mol. The molecule has 3 heteroatoms. The van der Waals surface area contributed by atoms with Gasteiger partial charge in [0.15, 0.2) is 0 Å². The van der Waals surface area contributed by atoms with Crippen molar-refractivity contribution < 1.29 is 4.74 Å². The highest BCUT2D eigenvalue weighted by Gasteiger charge is 2.12. The maximum Gasteiger partial charge on any atom is 0.119 e. The lowest BCUT2D eigenvalue weighted by Gasteiger charge is -2.23. The summed E-state index contributed by atoms with van der Waals surface area (Å²) in [6.45, 7) is 1.95. The van der Waals surface area contributed by atoms with Gasteiger partial charge in [-0.05, 0) is 60.8 Å². The molecule has 1 aliphatic heterocycles. The van der Waals surface area contributed by atoms with Crippen LogP contribution in [0.4, 0.5) is 0 Å². The van der Waals surface area contributed by atoms with E-state index in [0.717, 1.165) is 29.8 Å². The van der Waals surface area contributed by atoms with Crippen LogP contribution in [0, 0.1) is 0 Å². The van der Waals surface area contributed by atoms with E-state index in [0.29, 0.717) is 6.04 Å². The van der Waals surface area contributed by atoms with Gasteiger partial charge in [-0.15, -0.1) is 0 Å². The van der Waals surface area contributed by atoms with Crippen LogP contribution in [0.15, 0.2) is 40.9 Å². The zero-order chi connectivity index (χ0) is 13.8. The fourth-order valence-corrected chi connectivity index (χ4v) is 3.15. The molecule has 1 aliphatic rings. The summed E-state index contributed by atoms with van der Waals surface area (Å²) in [6.07, 6.45) is 5.05. The molecule has 3 rings (SSSR count). The lowest BCUT2D eigenvalue weighted by atomic mass is 10.0. The van der Waals surface area contributed by atoms with Crippen molar-refractivity contribution in [2.45, 2.75) is 31.7 Å². The maximum absolute atomic E-state index is 5.90. The number of ether oxygens (including phenoxy) is 1. The predicted molar refractivity (Wildman–Crippen MR) is 87.4 cm³/mol. The highest BCUT2D eigenvalue weighted by Crippen LogP contribution is 2.24. The van der Waals surface area contributed by atoms with Gasteiger partial charge in [0, 0.05) is 10.5 Å². The van der Waals surface area contributed by atoms with Gasteiger partial charge in [-0.25, -0.2) is 0 Å². The standard InChI is InChI=1S/C17H20BrNO/c18-15-6-4-14-12-17(7-5-13(14)11-15)20-10-8-16-3-1-2-9-19-16/h4-7,11-12,16,19H,1-3,8-10H2. The summed E-state index contributed by atoms with van der Waals surface area (Å²) in [4.78, 5) is 0. The Morgan fingerprint density at radius 3 is 2.80 bits per heavy atom. The third-order valence-electron chi connectivity index (χ3n) is 3.92. The largest absolute Gasteiger partial charge is 0.494 e. The first-order valence-corrected chi connectivity index (χ1v) is 8.16. The van der Waals surface area contributed by atoms with Crippen molar-refractivity contribution in [3.8, 4) is 5.75 Å². The molecule has 0 aliphatic carbocycles. The fourth-order valence-electron chi connectivity index (χ4n) is 2.77. The first-order valence-electron chi connectivity index (χ1n) is 7.37. The van der Waals surface area contributed by atoms with E-state index in [1.807, 2.05) is 0 Å². The Kier molecular flexibility index (Phi) is 4.58. The van der Waals surface area contributed by atoms with E-state index in [1.165, 1.54) is 30.0 Å². The lowest BCUT2D eigenvalue weighted by molar-refractivity contribution is 0.268. The van der Waals surface area contributed by atoms with Crippen LogP contribution >= 0.6 is 15.9 Å². The third kappa shape index (κ3) is 3.53. The molecule has 0 amide bonds. The molecule has 1 saturated heterocycles. The zero-order valence-electron chi connectivity index (χ0n) is 11.6. The number of rotatable bonds is 4. The van der Waals surface area contributed by atoms with Crippen LogP contribution in [0.1, 0.15) is 25.7 Å². The molecule has 1 heterocycles. The average molecular weight is 334 g/mol. The lowest BCUT2D eigenvalue weighted by Crippen LogP contribution is -2.35. The molecule has 1 atom stereocenters. The SMILES string of the molecule is Brc1ccc2cc(OCCC3CCCCN3)ccc2c1. The molecule has 0 radical (unpaired) electrons. The molecule has 1 N–H and O–H groups in total. The van der Waals surface area contributed by atoms with Gasteiger partial charge in [-0.2, -0.15) is 0 Å². The summed E-state index contributed by atoms with van der Waals surface area (Å²) in [5.41, 5.74) is 0. The van der Waals surface area contributed by atoms with E-state index in [4.69, 9.17) is 4.74 Å². The number of fused-ring (bicyclic) bond motifs is 1. The van der Waals surface area contributed by atoms with Crippen LogP contribution in [-0.2, 0) is 0 Å². The highest BCUT2D eigenvalue weighted by atomic mass is 79.9. The summed E-state index contributed by atoms with van der Waals surface area (Å²) in [5.74, 6) is 0.968. The topological polar surface area (TPSA) is 21.3 Å². The van der Waals surface area contributed by atoms with Gasteiger partial charge < -0.3 is 10.1 Å². The van der Waals surface area contributed by atoms with Crippen LogP contribution in [-0.4, -0.2) is 19.2 Å². The summed E-state index contributed by atoms with van der Waals surface area (Å²) in [5, 5.41) is 6.02. The van der Waals surface area contributed by atoms with Gasteiger partial charge in [0.1, 0.15) is 5.75 Å². The monoisotopic (exact) mass is 333 g/mol. The summed E-state index contributed by atoms with van der Waals surface area (Å²) >= 11 is 3.50. The molecule has 2 aromatic rings. The second-order valence-corrected chi connectivity index (χ2v) is 6.35. The molecule has 1 fully saturated rings. The Balaban J connectivity index is 1.58. The zero-order valence-corrected chi connectivity index (χ0v) is 13.2. The third-order valence-corrected chi connectivity index (χ3v) is 4.41.